The van der Waals surface area contributed by atoms with Crippen molar-refractivity contribution in [1.29, 1.82) is 0 Å². The Hall–Kier alpha value is -3.08. The second-order valence-electron chi connectivity index (χ2n) is 5.63. The summed E-state index contributed by atoms with van der Waals surface area (Å²) in [7, 11) is 0. The van der Waals surface area contributed by atoms with Gasteiger partial charge >= 0.3 is 5.97 Å². The number of hydrogen-bond acceptors (Lipinski definition) is 5. The number of hydrogen-bond donors (Lipinski definition) is 0. The lowest BCUT2D eigenvalue weighted by atomic mass is 10.1. The van der Waals surface area contributed by atoms with E-state index in [4.69, 9.17) is 13.9 Å². The van der Waals surface area contributed by atoms with Crippen LogP contribution in [0, 0.1) is 13.8 Å². The summed E-state index contributed by atoms with van der Waals surface area (Å²) in [4.78, 5) is 16.0. The Morgan fingerprint density at radius 3 is 2.68 bits per heavy atom. The highest BCUT2D eigenvalue weighted by Crippen LogP contribution is 2.21. The van der Waals surface area contributed by atoms with E-state index >= 15 is 0 Å². The number of oxazole rings is 1. The second-order valence-corrected chi connectivity index (χ2v) is 5.63. The molecule has 0 atom stereocenters. The van der Waals surface area contributed by atoms with Gasteiger partial charge in [0.1, 0.15) is 5.75 Å². The van der Waals surface area contributed by atoms with Crippen LogP contribution in [0.1, 0.15) is 17.0 Å². The maximum Gasteiger partial charge on any atom is 0.344 e. The third-order valence-electron chi connectivity index (χ3n) is 3.87. The van der Waals surface area contributed by atoms with E-state index in [1.165, 1.54) is 0 Å². The first-order valence-corrected chi connectivity index (χ1v) is 7.98. The van der Waals surface area contributed by atoms with Crippen LogP contribution in [0.5, 0.6) is 5.75 Å². The Balaban J connectivity index is 1.51. The monoisotopic (exact) mass is 337 g/mol. The van der Waals surface area contributed by atoms with E-state index < -0.39 is 5.97 Å². The quantitative estimate of drug-likeness (QED) is 0.634. The zero-order chi connectivity index (χ0) is 17.6. The second kappa shape index (κ2) is 7.66. The van der Waals surface area contributed by atoms with Crippen LogP contribution in [-0.4, -0.2) is 17.6 Å². The molecule has 1 aromatic heterocycles. The Kier molecular flexibility index (Phi) is 5.14. The van der Waals surface area contributed by atoms with Gasteiger partial charge in [0.15, 0.2) is 19.0 Å². The first-order valence-electron chi connectivity index (χ1n) is 7.98. The highest BCUT2D eigenvalue weighted by molar-refractivity contribution is 5.71. The van der Waals surface area contributed by atoms with Crippen molar-refractivity contribution in [2.24, 2.45) is 0 Å². The number of carbonyl (C=O) groups excluding carboxylic acids is 1. The number of aryl methyl sites for hydroxylation is 1. The van der Waals surface area contributed by atoms with Gasteiger partial charge in [0, 0.05) is 5.56 Å². The molecule has 5 heteroatoms. The number of ether oxygens (including phenoxy) is 2. The van der Waals surface area contributed by atoms with Crippen molar-refractivity contribution in [2.75, 3.05) is 6.61 Å². The Morgan fingerprint density at radius 1 is 1.08 bits per heavy atom. The molecule has 3 aromatic rings. The molecular weight excluding hydrogens is 318 g/mol. The van der Waals surface area contributed by atoms with Crippen molar-refractivity contribution in [3.05, 3.63) is 71.7 Å². The van der Waals surface area contributed by atoms with Gasteiger partial charge < -0.3 is 13.9 Å². The van der Waals surface area contributed by atoms with Crippen LogP contribution >= 0.6 is 0 Å². The number of nitrogens with zero attached hydrogens (tertiary/aromatic N) is 1. The summed E-state index contributed by atoms with van der Waals surface area (Å²) < 4.78 is 16.3. The molecule has 5 nitrogen and oxygen atoms in total. The van der Waals surface area contributed by atoms with E-state index in [0.29, 0.717) is 17.4 Å². The molecule has 0 aliphatic rings. The zero-order valence-electron chi connectivity index (χ0n) is 14.2. The van der Waals surface area contributed by atoms with Gasteiger partial charge in [0.2, 0.25) is 5.89 Å². The minimum Gasteiger partial charge on any atom is -0.482 e. The summed E-state index contributed by atoms with van der Waals surface area (Å²) in [6.07, 6.45) is 1.62. The predicted octanol–water partition coefficient (Wildman–Crippen LogP) is 4.08. The average Bonchev–Trinajstić information content (AvgIpc) is 3.11. The lowest BCUT2D eigenvalue weighted by Gasteiger charge is -2.10. The number of carbonyl (C=O) groups is 1. The first-order chi connectivity index (χ1) is 12.1. The van der Waals surface area contributed by atoms with Crippen LogP contribution in [0.2, 0.25) is 0 Å². The molecule has 0 amide bonds. The maximum absolute atomic E-state index is 11.8. The highest BCUT2D eigenvalue weighted by Gasteiger charge is 2.11. The molecule has 0 saturated carbocycles. The maximum atomic E-state index is 11.8. The van der Waals surface area contributed by atoms with Crippen molar-refractivity contribution in [3.8, 4) is 17.1 Å². The fourth-order valence-electron chi connectivity index (χ4n) is 2.31. The van der Waals surface area contributed by atoms with Crippen molar-refractivity contribution in [1.82, 2.24) is 4.98 Å². The molecule has 0 fully saturated rings. The molecule has 1 heterocycles. The highest BCUT2D eigenvalue weighted by atomic mass is 16.6. The lowest BCUT2D eigenvalue weighted by Crippen LogP contribution is -2.15. The van der Waals surface area contributed by atoms with Crippen molar-refractivity contribution < 1.29 is 18.7 Å². The third-order valence-corrected chi connectivity index (χ3v) is 3.87. The minimum absolute atomic E-state index is 0.0260. The minimum atomic E-state index is -0.472. The van der Waals surface area contributed by atoms with Crippen LogP contribution in [0.3, 0.4) is 0 Å². The van der Waals surface area contributed by atoms with Crippen molar-refractivity contribution >= 4 is 5.97 Å². The first kappa shape index (κ1) is 16.8. The van der Waals surface area contributed by atoms with Crippen LogP contribution in [0.15, 0.2) is 59.1 Å². The van der Waals surface area contributed by atoms with E-state index in [-0.39, 0.29) is 13.2 Å². The molecule has 3 rings (SSSR count). The van der Waals surface area contributed by atoms with Gasteiger partial charge in [-0.25, -0.2) is 9.78 Å². The summed E-state index contributed by atoms with van der Waals surface area (Å²) in [6.45, 7) is 3.76. The van der Waals surface area contributed by atoms with Crippen LogP contribution in [0.25, 0.3) is 11.3 Å². The number of benzene rings is 2. The molecule has 0 radical (unpaired) electrons. The van der Waals surface area contributed by atoms with Gasteiger partial charge in [-0.2, -0.15) is 0 Å². The van der Waals surface area contributed by atoms with E-state index in [2.05, 4.69) is 4.98 Å². The Labute approximate surface area is 146 Å². The van der Waals surface area contributed by atoms with Gasteiger partial charge in [-0.3, -0.25) is 0 Å². The normalized spacial score (nSPS) is 10.5. The molecule has 0 spiro atoms. The lowest BCUT2D eigenvalue weighted by molar-refractivity contribution is -0.148. The molecule has 0 aliphatic heterocycles. The summed E-state index contributed by atoms with van der Waals surface area (Å²) in [5.74, 6) is 1.19. The summed E-state index contributed by atoms with van der Waals surface area (Å²) in [5, 5.41) is 0. The molecular formula is C20H19NO4. The topological polar surface area (TPSA) is 61.6 Å². The Morgan fingerprint density at radius 2 is 1.88 bits per heavy atom. The smallest absolute Gasteiger partial charge is 0.344 e. The van der Waals surface area contributed by atoms with Crippen LogP contribution in [-0.2, 0) is 16.1 Å². The molecule has 2 aromatic carbocycles. The number of rotatable bonds is 6. The fourth-order valence-corrected chi connectivity index (χ4v) is 2.31. The molecule has 128 valence electrons. The molecule has 0 saturated heterocycles. The molecule has 25 heavy (non-hydrogen) atoms. The van der Waals surface area contributed by atoms with E-state index in [9.17, 15) is 4.79 Å². The van der Waals surface area contributed by atoms with Gasteiger partial charge in [0.05, 0.1) is 6.20 Å². The van der Waals surface area contributed by atoms with Crippen molar-refractivity contribution in [3.63, 3.8) is 0 Å². The number of aromatic nitrogens is 1. The standard InChI is InChI=1S/C20H19NO4/c1-14-7-6-10-17(15(14)2)23-13-20(22)24-12-19-21-11-18(25-19)16-8-4-3-5-9-16/h3-11H,12-13H2,1-2H3. The fraction of sp³-hybridized carbons (Fsp3) is 0.200. The van der Waals surface area contributed by atoms with Crippen LogP contribution < -0.4 is 4.74 Å². The number of esters is 1. The molecule has 0 bridgehead atoms. The van der Waals surface area contributed by atoms with Gasteiger partial charge in [-0.15, -0.1) is 0 Å². The van der Waals surface area contributed by atoms with E-state index in [1.54, 1.807) is 6.20 Å². The molecule has 0 aliphatic carbocycles. The SMILES string of the molecule is Cc1cccc(OCC(=O)OCc2ncc(-c3ccccc3)o2)c1C. The van der Waals surface area contributed by atoms with Gasteiger partial charge in [0.25, 0.3) is 0 Å². The molecule has 0 N–H and O–H groups in total. The summed E-state index contributed by atoms with van der Waals surface area (Å²) in [5.41, 5.74) is 3.04. The average molecular weight is 337 g/mol. The van der Waals surface area contributed by atoms with Crippen LogP contribution in [0.4, 0.5) is 0 Å². The van der Waals surface area contributed by atoms with Gasteiger partial charge in [-0.1, -0.05) is 42.5 Å². The van der Waals surface area contributed by atoms with E-state index in [1.807, 2.05) is 62.4 Å². The third kappa shape index (κ3) is 4.26. The van der Waals surface area contributed by atoms with Crippen molar-refractivity contribution in [2.45, 2.75) is 20.5 Å². The molecule has 0 unspecified atom stereocenters. The van der Waals surface area contributed by atoms with Gasteiger partial charge in [-0.05, 0) is 31.0 Å². The Bertz CT molecular complexity index is 855. The summed E-state index contributed by atoms with van der Waals surface area (Å²) >= 11 is 0. The largest absolute Gasteiger partial charge is 0.482 e. The zero-order valence-corrected chi connectivity index (χ0v) is 14.2. The summed E-state index contributed by atoms with van der Waals surface area (Å²) in [6, 6.07) is 15.3. The van der Waals surface area contributed by atoms with E-state index in [0.717, 1.165) is 16.7 Å². The predicted molar refractivity (Wildman–Crippen MR) is 93.1 cm³/mol.